The molecule has 0 aliphatic heterocycles. The number of carbonyl (C=O) groups is 1. The fourth-order valence-electron chi connectivity index (χ4n) is 0. The second-order valence-electron chi connectivity index (χ2n) is 0.576. The summed E-state index contributed by atoms with van der Waals surface area (Å²) in [5.74, 6) is -1.22. The van der Waals surface area contributed by atoms with Gasteiger partial charge >= 0.3 is 43.6 Å². The largest absolute Gasteiger partial charge is 3.00 e. The molecule has 0 aliphatic rings. The topological polar surface area (TPSA) is 66.2 Å². The van der Waals surface area contributed by atoms with E-state index in [-0.39, 0.29) is 50.1 Å². The van der Waals surface area contributed by atoms with Crippen LogP contribution in [0.5, 0.6) is 0 Å². The molecule has 0 saturated heterocycles. The Morgan fingerprint density at radius 1 is 1.71 bits per heavy atom. The van der Waals surface area contributed by atoms with Crippen LogP contribution in [0.15, 0.2) is 0 Å². The molecule has 3 nitrogen and oxygen atoms in total. The zero-order valence-corrected chi connectivity index (χ0v) is 7.29. The van der Waals surface area contributed by atoms with Crippen molar-refractivity contribution < 1.29 is 36.1 Å². The third-order valence-electron chi connectivity index (χ3n) is 0.167. The van der Waals surface area contributed by atoms with Gasteiger partial charge in [-0.1, -0.05) is 0 Å². The number of rotatable bonds is 1. The molecule has 0 atom stereocenters. The molecule has 0 aromatic rings. The number of carboxylic acids is 1. The predicted octanol–water partition coefficient (Wildman–Crippen LogP) is -2.69. The van der Waals surface area contributed by atoms with E-state index < -0.39 is 5.97 Å². The van der Waals surface area contributed by atoms with Crippen molar-refractivity contribution in [1.82, 2.24) is 0 Å². The minimum absolute atomic E-state index is 0. The van der Waals surface area contributed by atoms with Gasteiger partial charge in [0.05, 0.1) is 5.97 Å². The molecule has 0 bridgehead atoms. The van der Waals surface area contributed by atoms with Gasteiger partial charge in [0.25, 0.3) is 0 Å². The Morgan fingerprint density at radius 2 is 1.86 bits per heavy atom. The average Bonchev–Trinajstić information content (AvgIpc) is 1.38. The molecule has 0 amide bonds. The molecule has 0 aromatic carbocycles. The third-order valence-corrected chi connectivity index (χ3v) is 0.167. The van der Waals surface area contributed by atoms with Crippen LogP contribution in [0, 0.1) is 0 Å². The predicted molar refractivity (Wildman–Crippen MR) is 19.8 cm³/mol. The van der Waals surface area contributed by atoms with Crippen molar-refractivity contribution in [3.8, 4) is 0 Å². The van der Waals surface area contributed by atoms with E-state index in [0.717, 1.165) is 0 Å². The number of carboxylic acid groups (broad SMARTS) is 1. The van der Waals surface area contributed by atoms with Gasteiger partial charge in [-0.3, -0.25) is 0 Å². The van der Waals surface area contributed by atoms with Gasteiger partial charge in [-0.05, 0) is 0 Å². The molecule has 0 unspecified atom stereocenters. The molecule has 0 saturated carbocycles. The normalized spacial score (nSPS) is 5.29. The first kappa shape index (κ1) is 15.7. The van der Waals surface area contributed by atoms with E-state index in [1.165, 1.54) is 0 Å². The van der Waals surface area contributed by atoms with Gasteiger partial charge in [-0.2, -0.15) is 0 Å². The van der Waals surface area contributed by atoms with E-state index in [4.69, 9.17) is 9.90 Å². The minimum atomic E-state index is -1.22. The molecule has 0 spiro atoms. The maximum absolute atomic E-state index is 9.13. The molecule has 0 radical (unpaired) electrons. The van der Waals surface area contributed by atoms with Gasteiger partial charge in [0, 0.05) is 6.54 Å². The average molecular weight is 192 g/mol. The third kappa shape index (κ3) is 19.8. The quantitative estimate of drug-likeness (QED) is 0.460. The van der Waals surface area contributed by atoms with Crippen molar-refractivity contribution >= 4 is 23.3 Å². The van der Waals surface area contributed by atoms with Crippen molar-refractivity contribution in [2.75, 3.05) is 6.54 Å². The van der Waals surface area contributed by atoms with E-state index in [1.54, 1.807) is 0 Å². The van der Waals surface area contributed by atoms with E-state index in [1.807, 2.05) is 0 Å². The molecule has 0 fully saturated rings. The van der Waals surface area contributed by atoms with Gasteiger partial charge in [-0.25, -0.2) is 0 Å². The SMILES string of the molecule is NCC(=O)[O-].[Al+3].[Zr+2]. The zero-order chi connectivity index (χ0) is 4.28. The summed E-state index contributed by atoms with van der Waals surface area (Å²) in [6.45, 7) is -0.389. The van der Waals surface area contributed by atoms with Crippen molar-refractivity contribution in [3.05, 3.63) is 0 Å². The summed E-state index contributed by atoms with van der Waals surface area (Å²) in [5.41, 5.74) is 4.51. The summed E-state index contributed by atoms with van der Waals surface area (Å²) in [7, 11) is 0. The van der Waals surface area contributed by atoms with Crippen molar-refractivity contribution in [3.63, 3.8) is 0 Å². The van der Waals surface area contributed by atoms with Gasteiger partial charge in [0.15, 0.2) is 0 Å². The number of nitrogens with two attached hydrogens (primary N) is 1. The smallest absolute Gasteiger partial charge is 0.549 e. The van der Waals surface area contributed by atoms with Crippen molar-refractivity contribution in [2.24, 2.45) is 5.73 Å². The van der Waals surface area contributed by atoms with Crippen LogP contribution in [-0.4, -0.2) is 29.9 Å². The van der Waals surface area contributed by atoms with Crippen LogP contribution >= 0.6 is 0 Å². The van der Waals surface area contributed by atoms with Crippen LogP contribution in [0.3, 0.4) is 0 Å². The van der Waals surface area contributed by atoms with Gasteiger partial charge in [0.2, 0.25) is 0 Å². The Bertz CT molecular complexity index is 51.0. The molecule has 32 valence electrons. The van der Waals surface area contributed by atoms with Gasteiger partial charge < -0.3 is 15.6 Å². The van der Waals surface area contributed by atoms with E-state index >= 15 is 0 Å². The van der Waals surface area contributed by atoms with Crippen LogP contribution in [0.1, 0.15) is 0 Å². The van der Waals surface area contributed by atoms with Crippen molar-refractivity contribution in [1.29, 1.82) is 0 Å². The van der Waals surface area contributed by atoms with E-state index in [2.05, 4.69) is 5.73 Å². The van der Waals surface area contributed by atoms with Gasteiger partial charge in [0.1, 0.15) is 0 Å². The fourth-order valence-corrected chi connectivity index (χ4v) is 0. The number of hydrogen-bond acceptors (Lipinski definition) is 3. The second-order valence-corrected chi connectivity index (χ2v) is 0.576. The number of hydrogen-bond donors (Lipinski definition) is 1. The molecule has 0 aromatic heterocycles. The van der Waals surface area contributed by atoms with Crippen molar-refractivity contribution in [2.45, 2.75) is 0 Å². The van der Waals surface area contributed by atoms with E-state index in [9.17, 15) is 0 Å². The second kappa shape index (κ2) is 9.96. The molecular weight excluding hydrogens is 188 g/mol. The molecule has 2 N–H and O–H groups in total. The summed E-state index contributed by atoms with van der Waals surface area (Å²) >= 11 is 0. The Morgan fingerprint density at radius 3 is 1.86 bits per heavy atom. The maximum atomic E-state index is 9.13. The van der Waals surface area contributed by atoms with Crippen LogP contribution in [-0.2, 0) is 31.0 Å². The molecule has 0 heterocycles. The first-order valence-electron chi connectivity index (χ1n) is 1.17. The minimum Gasteiger partial charge on any atom is -0.549 e. The first-order valence-corrected chi connectivity index (χ1v) is 1.17. The Balaban J connectivity index is -0.0000000800. The monoisotopic (exact) mass is 191 g/mol. The number of carbonyl (C=O) groups excluding carboxylic acids is 1. The summed E-state index contributed by atoms with van der Waals surface area (Å²) in [6, 6.07) is 0. The van der Waals surface area contributed by atoms with E-state index in [0.29, 0.717) is 0 Å². The maximum Gasteiger partial charge on any atom is 3.00 e. The Labute approximate surface area is 71.5 Å². The molecule has 7 heavy (non-hydrogen) atoms. The van der Waals surface area contributed by atoms with Crippen LogP contribution in [0.2, 0.25) is 0 Å². The molecule has 0 rings (SSSR count). The molecular formula is C2H4AlNO2Zr+4. The first-order chi connectivity index (χ1) is 2.27. The summed E-state index contributed by atoms with van der Waals surface area (Å²) in [4.78, 5) is 9.13. The summed E-state index contributed by atoms with van der Waals surface area (Å²) in [5, 5.41) is 9.13. The Hall–Kier alpha value is 0.846. The van der Waals surface area contributed by atoms with Crippen LogP contribution in [0.4, 0.5) is 0 Å². The summed E-state index contributed by atoms with van der Waals surface area (Å²) < 4.78 is 0. The fraction of sp³-hybridized carbons (Fsp3) is 0.500. The van der Waals surface area contributed by atoms with Crippen LogP contribution in [0.25, 0.3) is 0 Å². The number of aliphatic carboxylic acids is 1. The zero-order valence-electron chi connectivity index (χ0n) is 3.68. The summed E-state index contributed by atoms with van der Waals surface area (Å²) in [6.07, 6.45) is 0. The molecule has 5 heteroatoms. The van der Waals surface area contributed by atoms with Gasteiger partial charge in [-0.15, -0.1) is 0 Å². The van der Waals surface area contributed by atoms with Crippen LogP contribution < -0.4 is 10.8 Å². The molecule has 0 aliphatic carbocycles. The standard InChI is InChI=1S/C2H5NO2.Al.Zr/c3-1-2(4)5;;/h1,3H2,(H,4,5);;/q;+3;+2/p-1. The Kier molecular flexibility index (Phi) is 22.3.